The van der Waals surface area contributed by atoms with E-state index >= 15 is 0 Å². The molecule has 2 fully saturated rings. The molecule has 162 valence electrons. The number of aryl methyl sites for hydroxylation is 1. The van der Waals surface area contributed by atoms with Gasteiger partial charge in [0, 0.05) is 37.8 Å². The van der Waals surface area contributed by atoms with Crippen molar-refractivity contribution >= 4 is 11.7 Å². The maximum atomic E-state index is 13.5. The second kappa shape index (κ2) is 7.35. The zero-order valence-electron chi connectivity index (χ0n) is 16.4. The number of carbonyl (C=O) groups is 1. The van der Waals surface area contributed by atoms with Crippen molar-refractivity contribution in [3.05, 3.63) is 46.9 Å². The lowest BCUT2D eigenvalue weighted by Crippen LogP contribution is -2.59. The highest BCUT2D eigenvalue weighted by Gasteiger charge is 2.71. The minimum atomic E-state index is -4.17. The number of alkyl halides is 4. The lowest BCUT2D eigenvalue weighted by Gasteiger charge is -2.43. The highest BCUT2D eigenvalue weighted by atomic mass is 19.3. The van der Waals surface area contributed by atoms with E-state index in [9.17, 15) is 26.7 Å². The van der Waals surface area contributed by atoms with Gasteiger partial charge in [0.05, 0.1) is 5.69 Å². The van der Waals surface area contributed by atoms with Gasteiger partial charge in [-0.2, -0.15) is 22.7 Å². The van der Waals surface area contributed by atoms with Crippen LogP contribution in [0.3, 0.4) is 0 Å². The van der Waals surface area contributed by atoms with Gasteiger partial charge in [-0.05, 0) is 36.5 Å². The molecule has 1 amide bonds. The summed E-state index contributed by atoms with van der Waals surface area (Å²) in [6.07, 6.45) is 1.63. The molecule has 0 bridgehead atoms. The van der Waals surface area contributed by atoms with Crippen LogP contribution in [0.25, 0.3) is 0 Å². The molecule has 4 nitrogen and oxygen atoms in total. The number of hydrogen-bond acceptors (Lipinski definition) is 2. The summed E-state index contributed by atoms with van der Waals surface area (Å²) in [7, 11) is 1.64. The van der Waals surface area contributed by atoms with E-state index in [0.29, 0.717) is 12.2 Å². The molecule has 0 unspecified atom stereocenters. The fourth-order valence-corrected chi connectivity index (χ4v) is 4.14. The summed E-state index contributed by atoms with van der Waals surface area (Å²) in [6.45, 7) is 0. The Morgan fingerprint density at radius 1 is 1.20 bits per heavy atom. The first-order chi connectivity index (χ1) is 14.1. The molecule has 30 heavy (non-hydrogen) atoms. The fraction of sp³-hybridized carbons (Fsp3) is 0.524. The van der Waals surface area contributed by atoms with Gasteiger partial charge in [-0.25, -0.2) is 4.39 Å². The van der Waals surface area contributed by atoms with Crippen LogP contribution in [0.4, 0.5) is 27.8 Å². The van der Waals surface area contributed by atoms with E-state index in [1.54, 1.807) is 19.2 Å². The van der Waals surface area contributed by atoms with Crippen LogP contribution in [0.1, 0.15) is 54.8 Å². The molecule has 9 heteroatoms. The Morgan fingerprint density at radius 3 is 2.40 bits per heavy atom. The van der Waals surface area contributed by atoms with Gasteiger partial charge in [0.25, 0.3) is 0 Å². The van der Waals surface area contributed by atoms with Gasteiger partial charge in [0.2, 0.25) is 5.91 Å². The van der Waals surface area contributed by atoms with E-state index in [1.807, 2.05) is 0 Å². The van der Waals surface area contributed by atoms with Gasteiger partial charge in [0.1, 0.15) is 11.6 Å². The molecular formula is C21H22F5N3O. The minimum Gasteiger partial charge on any atom is -0.311 e. The van der Waals surface area contributed by atoms with Crippen molar-refractivity contribution in [2.75, 3.05) is 5.32 Å². The molecule has 4 rings (SSSR count). The van der Waals surface area contributed by atoms with Crippen molar-refractivity contribution in [2.24, 2.45) is 13.0 Å². The average Bonchev–Trinajstić information content (AvgIpc) is 2.90. The third kappa shape index (κ3) is 3.58. The van der Waals surface area contributed by atoms with Gasteiger partial charge in [-0.1, -0.05) is 18.6 Å². The second-order valence-corrected chi connectivity index (χ2v) is 8.24. The number of hydrogen-bond donors (Lipinski definition) is 1. The van der Waals surface area contributed by atoms with Crippen LogP contribution in [0.15, 0.2) is 24.3 Å². The van der Waals surface area contributed by atoms with E-state index in [1.165, 1.54) is 16.8 Å². The summed E-state index contributed by atoms with van der Waals surface area (Å²) >= 11 is 0. The molecule has 1 atom stereocenters. The van der Waals surface area contributed by atoms with Gasteiger partial charge in [-0.15, -0.1) is 0 Å². The largest absolute Gasteiger partial charge is 0.313 e. The minimum absolute atomic E-state index is 0.180. The quantitative estimate of drug-likeness (QED) is 0.657. The van der Waals surface area contributed by atoms with Crippen molar-refractivity contribution in [3.63, 3.8) is 0 Å². The topological polar surface area (TPSA) is 46.9 Å². The lowest BCUT2D eigenvalue weighted by molar-refractivity contribution is -0.313. The van der Waals surface area contributed by atoms with Crippen molar-refractivity contribution in [1.82, 2.24) is 9.78 Å². The molecule has 0 saturated heterocycles. The predicted octanol–water partition coefficient (Wildman–Crippen LogP) is 5.04. The summed E-state index contributed by atoms with van der Waals surface area (Å²) in [5.41, 5.74) is 2.42. The van der Waals surface area contributed by atoms with Gasteiger partial charge in [0.15, 0.2) is 0 Å². The van der Waals surface area contributed by atoms with E-state index < -0.39 is 36.5 Å². The predicted molar refractivity (Wildman–Crippen MR) is 100 cm³/mol. The van der Waals surface area contributed by atoms with Gasteiger partial charge >= 0.3 is 11.8 Å². The lowest BCUT2D eigenvalue weighted by atomic mass is 9.74. The van der Waals surface area contributed by atoms with Gasteiger partial charge < -0.3 is 5.32 Å². The molecule has 2 aromatic rings. The molecule has 0 radical (unpaired) electrons. The van der Waals surface area contributed by atoms with Crippen LogP contribution in [0, 0.1) is 11.7 Å². The normalized spacial score (nSPS) is 22.3. The van der Waals surface area contributed by atoms with Crippen molar-refractivity contribution in [2.45, 2.75) is 56.3 Å². The highest BCUT2D eigenvalue weighted by Crippen LogP contribution is 2.56. The summed E-state index contributed by atoms with van der Waals surface area (Å²) in [5.74, 6) is -10.4. The van der Waals surface area contributed by atoms with Crippen molar-refractivity contribution in [3.8, 4) is 0 Å². The third-order valence-corrected chi connectivity index (χ3v) is 6.15. The van der Waals surface area contributed by atoms with Crippen LogP contribution < -0.4 is 5.32 Å². The molecule has 1 aromatic heterocycles. The smallest absolute Gasteiger partial charge is 0.311 e. The van der Waals surface area contributed by atoms with Crippen LogP contribution in [0.2, 0.25) is 0 Å². The molecule has 2 aliphatic rings. The van der Waals surface area contributed by atoms with Crippen molar-refractivity contribution < 1.29 is 26.7 Å². The first-order valence-corrected chi connectivity index (χ1v) is 9.94. The van der Waals surface area contributed by atoms with E-state index in [0.717, 1.165) is 36.1 Å². The Balaban J connectivity index is 1.53. The Hall–Kier alpha value is -2.45. The monoisotopic (exact) mass is 427 g/mol. The number of benzene rings is 1. The number of carbonyl (C=O) groups excluding carboxylic acids is 1. The number of amides is 1. The zero-order valence-corrected chi connectivity index (χ0v) is 16.4. The van der Waals surface area contributed by atoms with Crippen LogP contribution >= 0.6 is 0 Å². The first kappa shape index (κ1) is 20.8. The Bertz CT molecular complexity index is 950. The van der Waals surface area contributed by atoms with Crippen LogP contribution in [-0.4, -0.2) is 27.5 Å². The fourth-order valence-electron chi connectivity index (χ4n) is 4.14. The average molecular weight is 427 g/mol. The summed E-state index contributed by atoms with van der Waals surface area (Å²) in [4.78, 5) is 12.4. The van der Waals surface area contributed by atoms with Crippen LogP contribution in [-0.2, 0) is 18.3 Å². The van der Waals surface area contributed by atoms with E-state index in [4.69, 9.17) is 0 Å². The summed E-state index contributed by atoms with van der Waals surface area (Å²) < 4.78 is 67.8. The molecule has 2 saturated carbocycles. The number of nitrogens with zero attached hydrogens (tertiary/aromatic N) is 2. The third-order valence-electron chi connectivity index (χ3n) is 6.15. The van der Waals surface area contributed by atoms with Crippen molar-refractivity contribution in [1.29, 1.82) is 0 Å². The van der Waals surface area contributed by atoms with Crippen LogP contribution in [0.5, 0.6) is 0 Å². The summed E-state index contributed by atoms with van der Waals surface area (Å²) in [6, 6.07) is 6.04. The number of anilines is 1. The van der Waals surface area contributed by atoms with Gasteiger partial charge in [-0.3, -0.25) is 9.48 Å². The number of rotatable bonds is 6. The highest BCUT2D eigenvalue weighted by molar-refractivity contribution is 5.91. The number of halogens is 5. The van der Waals surface area contributed by atoms with E-state index in [-0.39, 0.29) is 11.7 Å². The zero-order chi connectivity index (χ0) is 21.7. The molecule has 2 aliphatic carbocycles. The molecule has 1 aromatic carbocycles. The maximum absolute atomic E-state index is 13.5. The summed E-state index contributed by atoms with van der Waals surface area (Å²) in [5, 5.41) is 7.12. The number of nitrogens with one attached hydrogen (secondary N) is 1. The molecular weight excluding hydrogens is 405 g/mol. The Morgan fingerprint density at radius 2 is 1.87 bits per heavy atom. The molecule has 1 N–H and O–H groups in total. The molecule has 0 spiro atoms. The maximum Gasteiger partial charge on any atom is 0.313 e. The molecule has 0 aliphatic heterocycles. The molecule has 1 heterocycles. The Kier molecular flexibility index (Phi) is 5.10. The standard InChI is InChI=1S/C21H22F5N3O/c1-29-19(27-17(30)10-14-11-20(23,24)21(14,25)26)18(13-3-2-4-13)16(28-29)9-12-5-7-15(22)8-6-12/h5-8,13-14H,2-4,9-11H2,1H3,(H,27,30)/t14-/m1/s1. The second-order valence-electron chi connectivity index (χ2n) is 8.24. The SMILES string of the molecule is Cn1nc(Cc2ccc(F)cc2)c(C2CCC2)c1NC(=O)C[C@@H]1CC(F)(F)C1(F)F. The first-order valence-electron chi connectivity index (χ1n) is 9.94. The number of aromatic nitrogens is 2. The van der Waals surface area contributed by atoms with E-state index in [2.05, 4.69) is 10.4 Å². The Labute approximate surface area is 170 Å².